The third-order valence-electron chi connectivity index (χ3n) is 3.10. The Morgan fingerprint density at radius 3 is 2.45 bits per heavy atom. The molecular weight excluding hydrogens is 315 g/mol. The summed E-state index contributed by atoms with van der Waals surface area (Å²) in [6.07, 6.45) is -3.14. The van der Waals surface area contributed by atoms with Crippen molar-refractivity contribution in [3.63, 3.8) is 0 Å². The number of aliphatic hydroxyl groups is 1. The lowest BCUT2D eigenvalue weighted by Gasteiger charge is -2.24. The molecule has 22 heavy (non-hydrogen) atoms. The van der Waals surface area contributed by atoms with Gasteiger partial charge in [0.25, 0.3) is 5.03 Å². The molecule has 1 aromatic heterocycles. The number of thioether (sulfide) groups is 1. The lowest BCUT2D eigenvalue weighted by molar-refractivity contribution is -0.645. The Kier molecular flexibility index (Phi) is 4.67. The van der Waals surface area contributed by atoms with E-state index >= 15 is 0 Å². The van der Waals surface area contributed by atoms with Crippen LogP contribution in [0.25, 0.3) is 0 Å². The second-order valence-corrected chi connectivity index (χ2v) is 6.00. The third kappa shape index (κ3) is 3.92. The van der Waals surface area contributed by atoms with Crippen LogP contribution in [0.15, 0.2) is 53.7 Å². The predicted molar refractivity (Wildman–Crippen MR) is 77.1 cm³/mol. The maximum Gasteiger partial charge on any atom is 0.416 e. The Bertz CT molecular complexity index is 659. The van der Waals surface area contributed by atoms with E-state index in [4.69, 9.17) is 0 Å². The summed E-state index contributed by atoms with van der Waals surface area (Å²) in [7, 11) is 0. The first-order chi connectivity index (χ1) is 10.2. The van der Waals surface area contributed by atoms with Gasteiger partial charge in [0.2, 0.25) is 0 Å². The first kappa shape index (κ1) is 16.6. The molecule has 1 atom stereocenters. The molecular formula is C15H14F3NO2S. The standard InChI is InChI=1S/C15H14F3NO2S/c1-14(20,10-22-13-7-2-3-8-19(13)21)11-5-4-6-12(9-11)15(16,17)18/h2-9,20H,10H2,1H3. The van der Waals surface area contributed by atoms with Gasteiger partial charge >= 0.3 is 6.18 Å². The van der Waals surface area contributed by atoms with Gasteiger partial charge in [-0.2, -0.15) is 17.9 Å². The fraction of sp³-hybridized carbons (Fsp3) is 0.267. The van der Waals surface area contributed by atoms with E-state index in [9.17, 15) is 23.5 Å². The molecule has 0 aliphatic rings. The Morgan fingerprint density at radius 2 is 1.82 bits per heavy atom. The molecule has 0 spiro atoms. The zero-order valence-electron chi connectivity index (χ0n) is 11.7. The summed E-state index contributed by atoms with van der Waals surface area (Å²) in [5.41, 5.74) is -2.15. The molecule has 1 unspecified atom stereocenters. The van der Waals surface area contributed by atoms with Gasteiger partial charge in [-0.3, -0.25) is 0 Å². The van der Waals surface area contributed by atoms with Crippen LogP contribution in [0.1, 0.15) is 18.1 Å². The highest BCUT2D eigenvalue weighted by atomic mass is 32.2. The van der Waals surface area contributed by atoms with Gasteiger partial charge in [-0.1, -0.05) is 23.9 Å². The molecule has 0 radical (unpaired) electrons. The number of hydrogen-bond acceptors (Lipinski definition) is 3. The molecule has 0 saturated heterocycles. The van der Waals surface area contributed by atoms with Crippen molar-refractivity contribution in [2.75, 3.05) is 5.75 Å². The largest absolute Gasteiger partial charge is 0.618 e. The van der Waals surface area contributed by atoms with Gasteiger partial charge in [0.05, 0.1) is 11.2 Å². The van der Waals surface area contributed by atoms with Gasteiger partial charge in [-0.25, -0.2) is 0 Å². The van der Waals surface area contributed by atoms with Crippen molar-refractivity contribution in [1.29, 1.82) is 0 Å². The van der Waals surface area contributed by atoms with E-state index in [1.807, 2.05) is 0 Å². The second-order valence-electron chi connectivity index (χ2n) is 5.01. The van der Waals surface area contributed by atoms with Crippen LogP contribution < -0.4 is 4.73 Å². The van der Waals surface area contributed by atoms with Crippen molar-refractivity contribution in [3.8, 4) is 0 Å². The van der Waals surface area contributed by atoms with Gasteiger partial charge in [0, 0.05) is 17.9 Å². The Morgan fingerprint density at radius 1 is 1.14 bits per heavy atom. The molecule has 118 valence electrons. The van der Waals surface area contributed by atoms with Crippen molar-refractivity contribution >= 4 is 11.8 Å². The SMILES string of the molecule is CC(O)(CSc1cccc[n+]1[O-])c1cccc(C(F)(F)F)c1. The van der Waals surface area contributed by atoms with Crippen LogP contribution in [0, 0.1) is 5.21 Å². The molecule has 0 amide bonds. The summed E-state index contributed by atoms with van der Waals surface area (Å²) in [6.45, 7) is 1.42. The van der Waals surface area contributed by atoms with Crippen LogP contribution in [0.2, 0.25) is 0 Å². The summed E-state index contributed by atoms with van der Waals surface area (Å²) in [4.78, 5) is 0. The summed E-state index contributed by atoms with van der Waals surface area (Å²) in [5, 5.41) is 22.3. The molecule has 0 saturated carbocycles. The molecule has 2 rings (SSSR count). The van der Waals surface area contributed by atoms with Gasteiger partial charge in [0.1, 0.15) is 0 Å². The fourth-order valence-electron chi connectivity index (χ4n) is 1.85. The predicted octanol–water partition coefficient (Wildman–Crippen LogP) is 3.34. The van der Waals surface area contributed by atoms with Crippen LogP contribution in [0.4, 0.5) is 13.2 Å². The van der Waals surface area contributed by atoms with Gasteiger partial charge in [0.15, 0.2) is 6.20 Å². The first-order valence-electron chi connectivity index (χ1n) is 6.41. The van der Waals surface area contributed by atoms with Crippen LogP contribution in [-0.4, -0.2) is 10.9 Å². The van der Waals surface area contributed by atoms with E-state index in [1.54, 1.807) is 18.2 Å². The van der Waals surface area contributed by atoms with Gasteiger partial charge in [-0.15, -0.1) is 0 Å². The number of hydrogen-bond donors (Lipinski definition) is 1. The second kappa shape index (κ2) is 6.18. The molecule has 0 fully saturated rings. The van der Waals surface area contributed by atoms with Crippen molar-refractivity contribution in [1.82, 2.24) is 0 Å². The minimum atomic E-state index is -4.46. The maximum atomic E-state index is 12.7. The van der Waals surface area contributed by atoms with E-state index in [-0.39, 0.29) is 11.3 Å². The average molecular weight is 329 g/mol. The number of alkyl halides is 3. The highest BCUT2D eigenvalue weighted by Crippen LogP contribution is 2.33. The van der Waals surface area contributed by atoms with Crippen LogP contribution in [0.5, 0.6) is 0 Å². The number of nitrogens with zero attached hydrogens (tertiary/aromatic N) is 1. The molecule has 0 aliphatic heterocycles. The lowest BCUT2D eigenvalue weighted by atomic mass is 9.96. The van der Waals surface area contributed by atoms with Crippen molar-refractivity contribution in [3.05, 3.63) is 65.0 Å². The number of rotatable bonds is 4. The maximum absolute atomic E-state index is 12.7. The van der Waals surface area contributed by atoms with Gasteiger partial charge < -0.3 is 10.3 Å². The normalized spacial score (nSPS) is 14.6. The summed E-state index contributed by atoms with van der Waals surface area (Å²) >= 11 is 1.08. The first-order valence-corrected chi connectivity index (χ1v) is 7.40. The smallest absolute Gasteiger partial charge is 0.416 e. The number of halogens is 3. The van der Waals surface area contributed by atoms with E-state index in [0.717, 1.165) is 23.9 Å². The zero-order chi connectivity index (χ0) is 16.4. The van der Waals surface area contributed by atoms with Crippen molar-refractivity contribution in [2.24, 2.45) is 0 Å². The minimum Gasteiger partial charge on any atom is -0.618 e. The molecule has 1 aromatic carbocycles. The molecule has 3 nitrogen and oxygen atoms in total. The Labute approximate surface area is 130 Å². The fourth-order valence-corrected chi connectivity index (χ4v) is 2.81. The van der Waals surface area contributed by atoms with E-state index in [1.165, 1.54) is 25.3 Å². The third-order valence-corrected chi connectivity index (χ3v) is 4.42. The molecule has 1 N–H and O–H groups in total. The Balaban J connectivity index is 2.18. The number of aromatic nitrogens is 1. The number of pyridine rings is 1. The summed E-state index contributed by atoms with van der Waals surface area (Å²) in [5.74, 6) is 0.0561. The minimum absolute atomic E-state index is 0.0561. The zero-order valence-corrected chi connectivity index (χ0v) is 12.5. The van der Waals surface area contributed by atoms with Crippen molar-refractivity contribution in [2.45, 2.75) is 23.7 Å². The Hall–Kier alpha value is -1.73. The summed E-state index contributed by atoms with van der Waals surface area (Å²) in [6, 6.07) is 9.41. The van der Waals surface area contributed by atoms with Crippen LogP contribution >= 0.6 is 11.8 Å². The molecule has 0 aliphatic carbocycles. The van der Waals surface area contributed by atoms with E-state index in [2.05, 4.69) is 0 Å². The lowest BCUT2D eigenvalue weighted by Crippen LogP contribution is -2.30. The highest BCUT2D eigenvalue weighted by Gasteiger charge is 2.33. The van der Waals surface area contributed by atoms with Crippen LogP contribution in [0.3, 0.4) is 0 Å². The molecule has 0 bridgehead atoms. The van der Waals surface area contributed by atoms with E-state index in [0.29, 0.717) is 9.76 Å². The summed E-state index contributed by atoms with van der Waals surface area (Å²) < 4.78 is 38.8. The highest BCUT2D eigenvalue weighted by molar-refractivity contribution is 7.99. The molecule has 2 aromatic rings. The van der Waals surface area contributed by atoms with Crippen molar-refractivity contribution < 1.29 is 23.0 Å². The monoisotopic (exact) mass is 329 g/mol. The number of benzene rings is 1. The van der Waals surface area contributed by atoms with Crippen LogP contribution in [-0.2, 0) is 11.8 Å². The topological polar surface area (TPSA) is 47.2 Å². The average Bonchev–Trinajstić information content (AvgIpc) is 2.46. The van der Waals surface area contributed by atoms with E-state index < -0.39 is 17.3 Å². The molecule has 7 heteroatoms. The molecule has 1 heterocycles. The quantitative estimate of drug-likeness (QED) is 0.532. The van der Waals surface area contributed by atoms with Gasteiger partial charge in [-0.05, 0) is 30.7 Å².